The summed E-state index contributed by atoms with van der Waals surface area (Å²) in [5, 5.41) is 8.11. The van der Waals surface area contributed by atoms with Gasteiger partial charge >= 0.3 is 6.03 Å². The Kier molecular flexibility index (Phi) is 2.62. The summed E-state index contributed by atoms with van der Waals surface area (Å²) in [6.45, 7) is 3.83. The lowest BCUT2D eigenvalue weighted by atomic mass is 9.91. The van der Waals surface area contributed by atoms with Crippen LogP contribution in [0.15, 0.2) is 0 Å². The van der Waals surface area contributed by atoms with Gasteiger partial charge in [0.25, 0.3) is 6.02 Å². The fraction of sp³-hybridized carbons (Fsp3) is 0.857. The van der Waals surface area contributed by atoms with Gasteiger partial charge in [0.15, 0.2) is 6.23 Å². The molecule has 0 aromatic rings. The number of urea groups is 1. The van der Waals surface area contributed by atoms with Crippen molar-refractivity contribution in [2.75, 3.05) is 13.1 Å². The molecule has 6 nitrogen and oxygen atoms in total. The molecule has 4 heterocycles. The summed E-state index contributed by atoms with van der Waals surface area (Å²) in [5.74, 6) is 0.485. The summed E-state index contributed by atoms with van der Waals surface area (Å²) in [5.41, 5.74) is 0. The van der Waals surface area contributed by atoms with Gasteiger partial charge < -0.3 is 14.5 Å². The zero-order valence-corrected chi connectivity index (χ0v) is 11.9. The summed E-state index contributed by atoms with van der Waals surface area (Å²) >= 11 is 0. The number of carbonyl (C=O) groups is 1. The van der Waals surface area contributed by atoms with E-state index in [2.05, 4.69) is 11.8 Å². The number of hydrogen-bond acceptors (Lipinski definition) is 3. The van der Waals surface area contributed by atoms with Crippen molar-refractivity contribution < 1.29 is 9.53 Å². The number of amidine groups is 1. The molecule has 2 amide bonds. The average Bonchev–Trinajstić information content (AvgIpc) is 3.04. The van der Waals surface area contributed by atoms with Crippen molar-refractivity contribution in [1.82, 2.24) is 14.7 Å². The Labute approximate surface area is 119 Å². The summed E-state index contributed by atoms with van der Waals surface area (Å²) in [6, 6.07) is 0.792. The third-order valence-electron chi connectivity index (χ3n) is 5.31. The molecule has 4 aliphatic heterocycles. The Morgan fingerprint density at radius 1 is 1.30 bits per heavy atom. The third-order valence-corrected chi connectivity index (χ3v) is 5.31. The van der Waals surface area contributed by atoms with Crippen LogP contribution in [0.2, 0.25) is 0 Å². The van der Waals surface area contributed by atoms with E-state index in [4.69, 9.17) is 10.1 Å². The molecule has 0 bridgehead atoms. The second-order valence-corrected chi connectivity index (χ2v) is 6.32. The Morgan fingerprint density at radius 3 is 2.95 bits per heavy atom. The lowest BCUT2D eigenvalue weighted by Gasteiger charge is -2.53. The van der Waals surface area contributed by atoms with Gasteiger partial charge in [0.05, 0.1) is 0 Å². The monoisotopic (exact) mass is 278 g/mol. The predicted molar refractivity (Wildman–Crippen MR) is 73.1 cm³/mol. The van der Waals surface area contributed by atoms with Gasteiger partial charge in [-0.05, 0) is 19.3 Å². The van der Waals surface area contributed by atoms with Crippen LogP contribution in [0, 0.1) is 11.3 Å². The van der Waals surface area contributed by atoms with Crippen molar-refractivity contribution in [1.29, 1.82) is 5.41 Å². The summed E-state index contributed by atoms with van der Waals surface area (Å²) in [6.07, 6.45) is 4.90. The van der Waals surface area contributed by atoms with Gasteiger partial charge in [0, 0.05) is 31.5 Å². The molecule has 0 aromatic carbocycles. The van der Waals surface area contributed by atoms with Crippen LogP contribution in [0.1, 0.15) is 39.0 Å². The van der Waals surface area contributed by atoms with Crippen LogP contribution >= 0.6 is 0 Å². The van der Waals surface area contributed by atoms with E-state index in [1.54, 1.807) is 0 Å². The average molecular weight is 278 g/mol. The summed E-state index contributed by atoms with van der Waals surface area (Å²) in [4.78, 5) is 18.8. The van der Waals surface area contributed by atoms with Gasteiger partial charge in [0.2, 0.25) is 0 Å². The first-order chi connectivity index (χ1) is 9.72. The number of ether oxygens (including phenoxy) is 1. The molecule has 0 aromatic heterocycles. The topological polar surface area (TPSA) is 59.9 Å². The van der Waals surface area contributed by atoms with E-state index in [-0.39, 0.29) is 24.4 Å². The molecule has 4 fully saturated rings. The SMILES string of the molecule is CCCC1OC(=N)N2CCC3C4CCCN4C(=O)N1C32. The molecule has 20 heavy (non-hydrogen) atoms. The first kappa shape index (κ1) is 12.3. The molecular weight excluding hydrogens is 256 g/mol. The standard InChI is InChI=1S/C14H22N4O2/c1-2-4-11-18-12-9(6-8-17(12)13(15)20-11)10-5-3-7-16(10)14(18)19/h9-12,15H,2-8H2,1H3. The van der Waals surface area contributed by atoms with E-state index in [0.29, 0.717) is 12.0 Å². The van der Waals surface area contributed by atoms with Crippen molar-refractivity contribution in [3.63, 3.8) is 0 Å². The van der Waals surface area contributed by atoms with Gasteiger partial charge in [-0.2, -0.15) is 0 Å². The molecule has 4 unspecified atom stereocenters. The second-order valence-electron chi connectivity index (χ2n) is 6.32. The molecular formula is C14H22N4O2. The maximum absolute atomic E-state index is 12.8. The maximum Gasteiger partial charge on any atom is 0.324 e. The van der Waals surface area contributed by atoms with Crippen LogP contribution < -0.4 is 0 Å². The van der Waals surface area contributed by atoms with Gasteiger partial charge in [-0.15, -0.1) is 0 Å². The molecule has 4 rings (SSSR count). The first-order valence-corrected chi connectivity index (χ1v) is 7.83. The highest BCUT2D eigenvalue weighted by Crippen LogP contribution is 2.44. The van der Waals surface area contributed by atoms with Crippen LogP contribution in [-0.4, -0.2) is 58.3 Å². The zero-order chi connectivity index (χ0) is 13.9. The van der Waals surface area contributed by atoms with Gasteiger partial charge in [0.1, 0.15) is 6.17 Å². The lowest BCUT2D eigenvalue weighted by molar-refractivity contribution is -0.109. The largest absolute Gasteiger partial charge is 0.441 e. The molecule has 4 aliphatic rings. The zero-order valence-electron chi connectivity index (χ0n) is 11.9. The number of amides is 2. The molecule has 0 spiro atoms. The number of nitrogens with one attached hydrogen (secondary N) is 1. The predicted octanol–water partition coefficient (Wildman–Crippen LogP) is 1.63. The van der Waals surface area contributed by atoms with Crippen LogP contribution in [0.4, 0.5) is 4.79 Å². The quantitative estimate of drug-likeness (QED) is 0.835. The molecule has 0 aliphatic carbocycles. The molecule has 0 saturated carbocycles. The molecule has 4 saturated heterocycles. The Morgan fingerprint density at radius 2 is 2.15 bits per heavy atom. The van der Waals surface area contributed by atoms with E-state index >= 15 is 0 Å². The van der Waals surface area contributed by atoms with Crippen molar-refractivity contribution in [3.05, 3.63) is 0 Å². The first-order valence-electron chi connectivity index (χ1n) is 7.83. The molecule has 6 heteroatoms. The van der Waals surface area contributed by atoms with E-state index in [1.807, 2.05) is 9.80 Å². The van der Waals surface area contributed by atoms with Gasteiger partial charge in [-0.1, -0.05) is 13.3 Å². The number of nitrogens with zero attached hydrogens (tertiary/aromatic N) is 3. The fourth-order valence-corrected chi connectivity index (χ4v) is 4.50. The van der Waals surface area contributed by atoms with Crippen molar-refractivity contribution in [2.45, 2.75) is 57.5 Å². The lowest BCUT2D eigenvalue weighted by Crippen LogP contribution is -2.70. The molecule has 4 atom stereocenters. The van der Waals surface area contributed by atoms with Crippen LogP contribution in [-0.2, 0) is 4.74 Å². The van der Waals surface area contributed by atoms with E-state index in [0.717, 1.165) is 45.2 Å². The fourth-order valence-electron chi connectivity index (χ4n) is 4.50. The minimum atomic E-state index is -0.247. The maximum atomic E-state index is 12.8. The summed E-state index contributed by atoms with van der Waals surface area (Å²) < 4.78 is 5.73. The van der Waals surface area contributed by atoms with E-state index < -0.39 is 0 Å². The summed E-state index contributed by atoms with van der Waals surface area (Å²) in [7, 11) is 0. The van der Waals surface area contributed by atoms with Crippen LogP contribution in [0.3, 0.4) is 0 Å². The Bertz CT molecular complexity index is 454. The van der Waals surface area contributed by atoms with E-state index in [9.17, 15) is 4.79 Å². The number of hydrogen-bond donors (Lipinski definition) is 1. The minimum Gasteiger partial charge on any atom is -0.441 e. The van der Waals surface area contributed by atoms with Crippen LogP contribution in [0.5, 0.6) is 0 Å². The minimum absolute atomic E-state index is 0.0691. The Balaban J connectivity index is 1.73. The smallest absolute Gasteiger partial charge is 0.324 e. The number of rotatable bonds is 2. The molecule has 110 valence electrons. The van der Waals surface area contributed by atoms with Crippen LogP contribution in [0.25, 0.3) is 0 Å². The van der Waals surface area contributed by atoms with E-state index in [1.165, 1.54) is 0 Å². The second kappa shape index (κ2) is 4.27. The van der Waals surface area contributed by atoms with Gasteiger partial charge in [-0.3, -0.25) is 10.3 Å². The number of carbonyl (C=O) groups excluding carboxylic acids is 1. The van der Waals surface area contributed by atoms with Crippen molar-refractivity contribution in [2.24, 2.45) is 5.92 Å². The molecule has 0 radical (unpaired) electrons. The third kappa shape index (κ3) is 1.45. The van der Waals surface area contributed by atoms with Crippen molar-refractivity contribution >= 4 is 12.1 Å². The van der Waals surface area contributed by atoms with Gasteiger partial charge in [-0.25, -0.2) is 4.79 Å². The normalized spacial score (nSPS) is 39.0. The Hall–Kier alpha value is -1.46. The van der Waals surface area contributed by atoms with Crippen molar-refractivity contribution in [3.8, 4) is 0 Å². The molecule has 1 N–H and O–H groups in total. The highest BCUT2D eigenvalue weighted by Gasteiger charge is 2.58. The highest BCUT2D eigenvalue weighted by molar-refractivity contribution is 5.81. The number of fused-ring (bicyclic) bond motifs is 2. The highest BCUT2D eigenvalue weighted by atomic mass is 16.5.